The summed E-state index contributed by atoms with van der Waals surface area (Å²) in [5.41, 5.74) is 2.22. The minimum absolute atomic E-state index is 0.228. The Morgan fingerprint density at radius 1 is 1.11 bits per heavy atom. The molecule has 3 rings (SSSR count). The molecule has 1 heterocycles. The molecule has 1 aromatic heterocycles. The first kappa shape index (κ1) is 18.1. The summed E-state index contributed by atoms with van der Waals surface area (Å²) in [6, 6.07) is 16.1. The quantitative estimate of drug-likeness (QED) is 0.630. The van der Waals surface area contributed by atoms with Crippen LogP contribution in [0.1, 0.15) is 22.0 Å². The third-order valence-electron chi connectivity index (χ3n) is 3.99. The number of hydrogen-bond acceptors (Lipinski definition) is 4. The summed E-state index contributed by atoms with van der Waals surface area (Å²) in [6.45, 7) is 3.73. The highest BCUT2D eigenvalue weighted by Crippen LogP contribution is 2.13. The molecule has 0 saturated carbocycles. The maximum Gasteiger partial charge on any atom is 0.251 e. The lowest BCUT2D eigenvalue weighted by molar-refractivity contribution is -0.117. The van der Waals surface area contributed by atoms with Crippen molar-refractivity contribution in [1.82, 2.24) is 25.6 Å². The summed E-state index contributed by atoms with van der Waals surface area (Å²) in [5, 5.41) is 13.3. The number of carbonyl (C=O) groups excluding carboxylic acids is 2. The predicted molar refractivity (Wildman–Crippen MR) is 101 cm³/mol. The molecule has 136 valence electrons. The van der Waals surface area contributed by atoms with Crippen molar-refractivity contribution in [3.05, 3.63) is 90.8 Å². The van der Waals surface area contributed by atoms with E-state index in [2.05, 4.69) is 27.5 Å². The number of rotatable bonds is 7. The van der Waals surface area contributed by atoms with Gasteiger partial charge in [0, 0.05) is 12.1 Å². The van der Waals surface area contributed by atoms with Crippen molar-refractivity contribution in [1.29, 1.82) is 0 Å². The molecule has 7 nitrogen and oxygen atoms in total. The smallest absolute Gasteiger partial charge is 0.251 e. The van der Waals surface area contributed by atoms with Crippen LogP contribution in [0.2, 0.25) is 0 Å². The van der Waals surface area contributed by atoms with Crippen LogP contribution < -0.4 is 10.6 Å². The number of nitrogens with one attached hydrogen (secondary N) is 2. The van der Waals surface area contributed by atoms with Crippen LogP contribution in [0.4, 0.5) is 0 Å². The average Bonchev–Trinajstić information content (AvgIpc) is 3.26. The van der Waals surface area contributed by atoms with E-state index >= 15 is 0 Å². The molecule has 0 saturated heterocycles. The Kier molecular flexibility index (Phi) is 5.73. The molecule has 0 aliphatic heterocycles. The van der Waals surface area contributed by atoms with Crippen LogP contribution in [0, 0.1) is 0 Å². The molecular weight excluding hydrogens is 342 g/mol. The first-order valence-electron chi connectivity index (χ1n) is 8.40. The molecule has 0 spiro atoms. The van der Waals surface area contributed by atoms with E-state index < -0.39 is 0 Å². The minimum Gasteiger partial charge on any atom is -0.350 e. The van der Waals surface area contributed by atoms with Crippen LogP contribution >= 0.6 is 0 Å². The van der Waals surface area contributed by atoms with Crippen LogP contribution in [0.15, 0.2) is 79.6 Å². The van der Waals surface area contributed by atoms with Gasteiger partial charge in [0.1, 0.15) is 0 Å². The van der Waals surface area contributed by atoms with Crippen LogP contribution in [0.25, 0.3) is 5.69 Å². The lowest BCUT2D eigenvalue weighted by atomic mass is 10.1. The first-order valence-corrected chi connectivity index (χ1v) is 8.40. The van der Waals surface area contributed by atoms with E-state index in [0.717, 1.165) is 11.3 Å². The third-order valence-corrected chi connectivity index (χ3v) is 3.99. The van der Waals surface area contributed by atoms with Crippen LogP contribution in [-0.2, 0) is 4.79 Å². The number of carbonyl (C=O) groups is 2. The van der Waals surface area contributed by atoms with E-state index in [1.807, 2.05) is 30.3 Å². The van der Waals surface area contributed by atoms with Crippen LogP contribution in [-0.4, -0.2) is 33.4 Å². The molecule has 2 N–H and O–H groups in total. The van der Waals surface area contributed by atoms with Gasteiger partial charge in [-0.15, -0.1) is 5.10 Å². The van der Waals surface area contributed by atoms with Crippen molar-refractivity contribution in [3.63, 3.8) is 0 Å². The summed E-state index contributed by atoms with van der Waals surface area (Å²) in [7, 11) is 0. The molecule has 3 aromatic rings. The van der Waals surface area contributed by atoms with Crippen molar-refractivity contribution >= 4 is 11.8 Å². The predicted octanol–water partition coefficient (Wildman–Crippen LogP) is 2.04. The molecule has 1 atom stereocenters. The van der Waals surface area contributed by atoms with Gasteiger partial charge in [-0.3, -0.25) is 9.59 Å². The van der Waals surface area contributed by atoms with Gasteiger partial charge >= 0.3 is 0 Å². The zero-order valence-electron chi connectivity index (χ0n) is 14.6. The second kappa shape index (κ2) is 8.57. The summed E-state index contributed by atoms with van der Waals surface area (Å²) in [4.78, 5) is 24.2. The lowest BCUT2D eigenvalue weighted by Crippen LogP contribution is -2.37. The molecule has 2 aromatic carbocycles. The standard InChI is InChI=1S/C20H19N5O2/c1-2-19(26)23-18(15-6-4-3-5-7-15)14-21-20(27)16-8-10-17(11-9-16)25-13-12-22-24-25/h2-13,18H,1,14H2,(H,21,27)(H,23,26). The van der Waals surface area contributed by atoms with E-state index in [1.54, 1.807) is 41.3 Å². The number of aromatic nitrogens is 3. The largest absolute Gasteiger partial charge is 0.350 e. The maximum absolute atomic E-state index is 12.5. The Bertz CT molecular complexity index is 905. The van der Waals surface area contributed by atoms with Gasteiger partial charge in [0.2, 0.25) is 5.91 Å². The molecule has 0 aliphatic carbocycles. The summed E-state index contributed by atoms with van der Waals surface area (Å²) in [6.07, 6.45) is 4.52. The second-order valence-electron chi connectivity index (χ2n) is 5.78. The van der Waals surface area contributed by atoms with Gasteiger partial charge in [-0.25, -0.2) is 4.68 Å². The van der Waals surface area contributed by atoms with Gasteiger partial charge < -0.3 is 10.6 Å². The molecule has 1 unspecified atom stereocenters. The topological polar surface area (TPSA) is 88.9 Å². The SMILES string of the molecule is C=CC(=O)NC(CNC(=O)c1ccc(-n2ccnn2)cc1)c1ccccc1. The minimum atomic E-state index is -0.352. The Labute approximate surface area is 156 Å². The van der Waals surface area contributed by atoms with E-state index in [-0.39, 0.29) is 24.4 Å². The lowest BCUT2D eigenvalue weighted by Gasteiger charge is -2.19. The van der Waals surface area contributed by atoms with Crippen molar-refractivity contribution in [3.8, 4) is 5.69 Å². The second-order valence-corrected chi connectivity index (χ2v) is 5.78. The van der Waals surface area contributed by atoms with Gasteiger partial charge in [0.05, 0.1) is 24.1 Å². The van der Waals surface area contributed by atoms with Gasteiger partial charge in [-0.1, -0.05) is 42.1 Å². The summed E-state index contributed by atoms with van der Waals surface area (Å²) in [5.74, 6) is -0.524. The fraction of sp³-hybridized carbons (Fsp3) is 0.100. The van der Waals surface area contributed by atoms with E-state index in [9.17, 15) is 9.59 Å². The number of amides is 2. The Morgan fingerprint density at radius 3 is 2.48 bits per heavy atom. The monoisotopic (exact) mass is 361 g/mol. The first-order chi connectivity index (χ1) is 13.2. The zero-order chi connectivity index (χ0) is 19.1. The zero-order valence-corrected chi connectivity index (χ0v) is 14.6. The molecule has 27 heavy (non-hydrogen) atoms. The normalized spacial score (nSPS) is 11.4. The number of benzene rings is 2. The van der Waals surface area contributed by atoms with Gasteiger partial charge in [0.15, 0.2) is 0 Å². The van der Waals surface area contributed by atoms with Crippen molar-refractivity contribution in [2.75, 3.05) is 6.54 Å². The highest BCUT2D eigenvalue weighted by atomic mass is 16.2. The van der Waals surface area contributed by atoms with E-state index in [4.69, 9.17) is 0 Å². The van der Waals surface area contributed by atoms with E-state index in [1.165, 1.54) is 6.08 Å². The van der Waals surface area contributed by atoms with Crippen molar-refractivity contribution in [2.24, 2.45) is 0 Å². The van der Waals surface area contributed by atoms with Gasteiger partial charge in [0.25, 0.3) is 5.91 Å². The fourth-order valence-electron chi connectivity index (χ4n) is 2.58. The number of nitrogens with zero attached hydrogens (tertiary/aromatic N) is 3. The number of hydrogen-bond donors (Lipinski definition) is 2. The third kappa shape index (κ3) is 4.66. The summed E-state index contributed by atoms with van der Waals surface area (Å²) >= 11 is 0. The van der Waals surface area contributed by atoms with E-state index in [0.29, 0.717) is 5.56 Å². The Hall–Kier alpha value is -3.74. The van der Waals surface area contributed by atoms with Gasteiger partial charge in [-0.05, 0) is 35.9 Å². The maximum atomic E-state index is 12.5. The molecule has 0 fully saturated rings. The Balaban J connectivity index is 1.66. The van der Waals surface area contributed by atoms with Crippen molar-refractivity contribution < 1.29 is 9.59 Å². The van der Waals surface area contributed by atoms with Crippen LogP contribution in [0.5, 0.6) is 0 Å². The average molecular weight is 361 g/mol. The summed E-state index contributed by atoms with van der Waals surface area (Å²) < 4.78 is 1.61. The highest BCUT2D eigenvalue weighted by Gasteiger charge is 2.15. The fourth-order valence-corrected chi connectivity index (χ4v) is 2.58. The van der Waals surface area contributed by atoms with Crippen molar-refractivity contribution in [2.45, 2.75) is 6.04 Å². The van der Waals surface area contributed by atoms with Gasteiger partial charge in [-0.2, -0.15) is 0 Å². The molecule has 0 radical (unpaired) electrons. The molecule has 0 aliphatic rings. The Morgan fingerprint density at radius 2 is 1.85 bits per heavy atom. The molecule has 0 bridgehead atoms. The highest BCUT2D eigenvalue weighted by molar-refractivity contribution is 5.94. The molecular formula is C20H19N5O2. The van der Waals surface area contributed by atoms with Crippen LogP contribution in [0.3, 0.4) is 0 Å². The molecule has 7 heteroatoms. The molecule has 2 amide bonds.